The SMILES string of the molecule is CN(C(=O)Cc1cn2ccsc2n1)C1C2CC3CC(C2)CC1C3. The van der Waals surface area contributed by atoms with Gasteiger partial charge in [-0.1, -0.05) is 0 Å². The first-order valence-corrected chi connectivity index (χ1v) is 9.72. The van der Waals surface area contributed by atoms with Gasteiger partial charge in [-0.3, -0.25) is 9.20 Å². The van der Waals surface area contributed by atoms with Crippen LogP contribution in [0.25, 0.3) is 4.96 Å². The second-order valence-electron chi connectivity index (χ2n) is 7.93. The zero-order valence-corrected chi connectivity index (χ0v) is 14.3. The number of hydrogen-bond acceptors (Lipinski definition) is 3. The number of likely N-dealkylation sites (N-methyl/N-ethyl adjacent to an activating group) is 1. The number of carbonyl (C=O) groups is 1. The minimum absolute atomic E-state index is 0.244. The van der Waals surface area contributed by atoms with Crippen molar-refractivity contribution in [1.29, 1.82) is 0 Å². The Kier molecular flexibility index (Phi) is 3.09. The van der Waals surface area contributed by atoms with E-state index in [1.807, 2.05) is 29.2 Å². The molecule has 4 saturated carbocycles. The molecule has 4 bridgehead atoms. The van der Waals surface area contributed by atoms with Gasteiger partial charge in [0.15, 0.2) is 4.96 Å². The third kappa shape index (κ3) is 2.24. The van der Waals surface area contributed by atoms with Gasteiger partial charge in [-0.15, -0.1) is 11.3 Å². The molecule has 6 rings (SSSR count). The summed E-state index contributed by atoms with van der Waals surface area (Å²) in [5.41, 5.74) is 0.900. The zero-order valence-electron chi connectivity index (χ0n) is 13.5. The number of carbonyl (C=O) groups excluding carboxylic acids is 1. The molecule has 0 N–H and O–H groups in total. The summed E-state index contributed by atoms with van der Waals surface area (Å²) in [6, 6.07) is 0.485. The lowest BCUT2D eigenvalue weighted by molar-refractivity contribution is -0.140. The molecule has 0 saturated heterocycles. The average molecular weight is 329 g/mol. The predicted molar refractivity (Wildman–Crippen MR) is 90.4 cm³/mol. The first-order chi connectivity index (χ1) is 11.2. The van der Waals surface area contributed by atoms with Gasteiger partial charge >= 0.3 is 0 Å². The summed E-state index contributed by atoms with van der Waals surface area (Å²) in [6.07, 6.45) is 11.3. The van der Waals surface area contributed by atoms with Crippen LogP contribution in [-0.4, -0.2) is 33.3 Å². The molecule has 122 valence electrons. The summed E-state index contributed by atoms with van der Waals surface area (Å²) < 4.78 is 2.01. The number of thiazole rings is 1. The molecular weight excluding hydrogens is 306 g/mol. The van der Waals surface area contributed by atoms with Gasteiger partial charge in [0.2, 0.25) is 5.91 Å². The Labute approximate surface area is 140 Å². The molecule has 0 aromatic carbocycles. The second-order valence-corrected chi connectivity index (χ2v) is 8.80. The fraction of sp³-hybridized carbons (Fsp3) is 0.667. The number of amides is 1. The first-order valence-electron chi connectivity index (χ1n) is 8.84. The van der Waals surface area contributed by atoms with Gasteiger partial charge in [0.1, 0.15) is 0 Å². The van der Waals surface area contributed by atoms with Crippen molar-refractivity contribution in [1.82, 2.24) is 14.3 Å². The summed E-state index contributed by atoms with van der Waals surface area (Å²) >= 11 is 1.62. The molecule has 5 heteroatoms. The Morgan fingerprint density at radius 3 is 2.61 bits per heavy atom. The monoisotopic (exact) mass is 329 g/mol. The number of rotatable bonds is 3. The van der Waals surface area contributed by atoms with E-state index in [1.54, 1.807) is 11.3 Å². The minimum atomic E-state index is 0.244. The number of nitrogens with zero attached hydrogens (tertiary/aromatic N) is 3. The van der Waals surface area contributed by atoms with Crippen LogP contribution in [0.4, 0.5) is 0 Å². The van der Waals surface area contributed by atoms with Crippen LogP contribution in [0.15, 0.2) is 17.8 Å². The quantitative estimate of drug-likeness (QED) is 0.867. The molecule has 1 amide bonds. The maximum atomic E-state index is 12.8. The van der Waals surface area contributed by atoms with Gasteiger partial charge in [-0.25, -0.2) is 4.98 Å². The van der Waals surface area contributed by atoms with Crippen LogP contribution >= 0.6 is 11.3 Å². The fourth-order valence-corrected chi connectivity index (χ4v) is 6.55. The number of aromatic nitrogens is 2. The van der Waals surface area contributed by atoms with Crippen molar-refractivity contribution in [3.05, 3.63) is 23.5 Å². The van der Waals surface area contributed by atoms with Gasteiger partial charge in [0.25, 0.3) is 0 Å². The smallest absolute Gasteiger partial charge is 0.228 e. The highest BCUT2D eigenvalue weighted by atomic mass is 32.1. The highest BCUT2D eigenvalue weighted by Crippen LogP contribution is 2.54. The van der Waals surface area contributed by atoms with Crippen LogP contribution < -0.4 is 0 Å². The van der Waals surface area contributed by atoms with Crippen molar-refractivity contribution in [3.8, 4) is 0 Å². The lowest BCUT2D eigenvalue weighted by atomic mass is 9.54. The summed E-state index contributed by atoms with van der Waals surface area (Å²) in [5.74, 6) is 3.67. The molecule has 4 aliphatic rings. The molecule has 4 nitrogen and oxygen atoms in total. The van der Waals surface area contributed by atoms with E-state index in [9.17, 15) is 4.79 Å². The van der Waals surface area contributed by atoms with Crippen LogP contribution in [0, 0.1) is 23.7 Å². The van der Waals surface area contributed by atoms with Crippen LogP contribution in [0.2, 0.25) is 0 Å². The third-order valence-electron chi connectivity index (χ3n) is 6.49. The Morgan fingerprint density at radius 1 is 1.26 bits per heavy atom. The number of hydrogen-bond donors (Lipinski definition) is 0. The topological polar surface area (TPSA) is 37.6 Å². The number of fused-ring (bicyclic) bond motifs is 1. The molecule has 0 radical (unpaired) electrons. The van der Waals surface area contributed by atoms with E-state index in [0.717, 1.165) is 34.3 Å². The fourth-order valence-electron chi connectivity index (χ4n) is 5.84. The molecule has 4 fully saturated rings. The first kappa shape index (κ1) is 14.0. The van der Waals surface area contributed by atoms with Crippen LogP contribution in [-0.2, 0) is 11.2 Å². The molecule has 2 aromatic heterocycles. The lowest BCUT2D eigenvalue weighted by Crippen LogP contribution is -2.56. The van der Waals surface area contributed by atoms with Gasteiger partial charge < -0.3 is 4.90 Å². The molecule has 0 spiro atoms. The standard InChI is InChI=1S/C18H23N3OS/c1-20(16(22)9-15-10-21-2-3-23-18(21)19-15)17-13-5-11-4-12(7-13)8-14(17)6-11/h2-3,10-14,17H,4-9H2,1H3. The predicted octanol–water partition coefficient (Wildman–Crippen LogP) is 3.22. The van der Waals surface area contributed by atoms with Crippen molar-refractivity contribution in [2.24, 2.45) is 23.7 Å². The van der Waals surface area contributed by atoms with Gasteiger partial charge in [0.05, 0.1) is 12.1 Å². The normalized spacial score (nSPS) is 35.1. The van der Waals surface area contributed by atoms with E-state index in [2.05, 4.69) is 9.88 Å². The second kappa shape index (κ2) is 5.07. The van der Waals surface area contributed by atoms with Gasteiger partial charge in [-0.2, -0.15) is 0 Å². The Bertz CT molecular complexity index is 692. The molecule has 0 atom stereocenters. The maximum absolute atomic E-state index is 12.8. The van der Waals surface area contributed by atoms with E-state index in [-0.39, 0.29) is 5.91 Å². The Balaban J connectivity index is 1.32. The summed E-state index contributed by atoms with van der Waals surface area (Å²) in [6.45, 7) is 0. The maximum Gasteiger partial charge on any atom is 0.228 e. The summed E-state index contributed by atoms with van der Waals surface area (Å²) in [7, 11) is 2.04. The number of imidazole rings is 1. The van der Waals surface area contributed by atoms with E-state index in [1.165, 1.54) is 32.1 Å². The molecule has 23 heavy (non-hydrogen) atoms. The third-order valence-corrected chi connectivity index (χ3v) is 7.26. The molecular formula is C18H23N3OS. The Hall–Kier alpha value is -1.36. The van der Waals surface area contributed by atoms with Crippen molar-refractivity contribution in [2.75, 3.05) is 7.05 Å². The van der Waals surface area contributed by atoms with Crippen molar-refractivity contribution in [3.63, 3.8) is 0 Å². The van der Waals surface area contributed by atoms with Crippen LogP contribution in [0.5, 0.6) is 0 Å². The molecule has 0 unspecified atom stereocenters. The van der Waals surface area contributed by atoms with E-state index >= 15 is 0 Å². The zero-order chi connectivity index (χ0) is 15.6. The lowest BCUT2D eigenvalue weighted by Gasteiger charge is -2.56. The van der Waals surface area contributed by atoms with Crippen LogP contribution in [0.1, 0.15) is 37.8 Å². The van der Waals surface area contributed by atoms with Crippen molar-refractivity contribution < 1.29 is 4.79 Å². The van der Waals surface area contributed by atoms with E-state index in [0.29, 0.717) is 12.5 Å². The largest absolute Gasteiger partial charge is 0.342 e. The van der Waals surface area contributed by atoms with E-state index < -0.39 is 0 Å². The van der Waals surface area contributed by atoms with Crippen molar-refractivity contribution in [2.45, 2.75) is 44.6 Å². The van der Waals surface area contributed by atoms with Gasteiger partial charge in [-0.05, 0) is 55.8 Å². The molecule has 2 aromatic rings. The summed E-state index contributed by atoms with van der Waals surface area (Å²) in [5, 5.41) is 2.02. The van der Waals surface area contributed by atoms with Crippen molar-refractivity contribution >= 4 is 22.2 Å². The van der Waals surface area contributed by atoms with E-state index in [4.69, 9.17) is 0 Å². The highest BCUT2D eigenvalue weighted by molar-refractivity contribution is 7.15. The molecule has 2 heterocycles. The minimum Gasteiger partial charge on any atom is -0.342 e. The van der Waals surface area contributed by atoms with Gasteiger partial charge in [0, 0.05) is 30.9 Å². The molecule has 4 aliphatic carbocycles. The molecule has 0 aliphatic heterocycles. The average Bonchev–Trinajstić information content (AvgIpc) is 3.06. The Morgan fingerprint density at radius 2 is 1.96 bits per heavy atom. The summed E-state index contributed by atoms with van der Waals surface area (Å²) in [4.78, 5) is 20.4. The highest BCUT2D eigenvalue weighted by Gasteiger charge is 2.50. The van der Waals surface area contributed by atoms with Crippen LogP contribution in [0.3, 0.4) is 0 Å².